The molecule has 0 radical (unpaired) electrons. The number of nitrogens with two attached hydrogens (primary N) is 1. The Labute approximate surface area is 122 Å². The Bertz CT molecular complexity index is 590. The molecule has 0 amide bonds. The highest BCUT2D eigenvalue weighted by Gasteiger charge is 2.33. The number of nitrogen functional groups attached to an aromatic ring is 1. The summed E-state index contributed by atoms with van der Waals surface area (Å²) in [5, 5.41) is 3.47. The second kappa shape index (κ2) is 5.49. The molecule has 20 heavy (non-hydrogen) atoms. The summed E-state index contributed by atoms with van der Waals surface area (Å²) in [5.41, 5.74) is 3.43. The summed E-state index contributed by atoms with van der Waals surface area (Å²) in [7, 11) is 0. The lowest BCUT2D eigenvalue weighted by Crippen LogP contribution is -2.30. The zero-order chi connectivity index (χ0) is 14.0. The first kappa shape index (κ1) is 13.5. The average molecular weight is 292 g/mol. The van der Waals surface area contributed by atoms with Gasteiger partial charge in [0, 0.05) is 23.7 Å². The van der Waals surface area contributed by atoms with Crippen LogP contribution in [0.2, 0.25) is 0 Å². The van der Waals surface area contributed by atoms with E-state index < -0.39 is 0 Å². The highest BCUT2D eigenvalue weighted by Crippen LogP contribution is 2.40. The molecule has 1 fully saturated rings. The molecule has 1 aliphatic carbocycles. The molecule has 2 heterocycles. The van der Waals surface area contributed by atoms with Crippen molar-refractivity contribution in [2.24, 2.45) is 5.84 Å². The van der Waals surface area contributed by atoms with Crippen molar-refractivity contribution in [2.45, 2.75) is 30.4 Å². The van der Waals surface area contributed by atoms with Crippen LogP contribution in [0.15, 0.2) is 18.6 Å². The van der Waals surface area contributed by atoms with Crippen LogP contribution in [-0.2, 0) is 0 Å². The predicted octanol–water partition coefficient (Wildman–Crippen LogP) is 2.10. The molecule has 0 unspecified atom stereocenters. The van der Waals surface area contributed by atoms with Crippen molar-refractivity contribution in [1.29, 1.82) is 0 Å². The maximum Gasteiger partial charge on any atom is 0.180 e. The third kappa shape index (κ3) is 2.43. The van der Waals surface area contributed by atoms with E-state index in [1.807, 2.05) is 28.6 Å². The average Bonchev–Trinajstić information content (AvgIpc) is 3.14. The fourth-order valence-corrected chi connectivity index (χ4v) is 3.75. The van der Waals surface area contributed by atoms with Gasteiger partial charge in [-0.2, -0.15) is 11.8 Å². The normalized spacial score (nSPS) is 17.5. The van der Waals surface area contributed by atoms with E-state index in [2.05, 4.69) is 27.0 Å². The number of aromatic nitrogens is 3. The van der Waals surface area contributed by atoms with Crippen LogP contribution in [0.3, 0.4) is 0 Å². The van der Waals surface area contributed by atoms with Gasteiger partial charge in [-0.25, -0.2) is 15.8 Å². The van der Waals surface area contributed by atoms with Crippen LogP contribution in [0.4, 0.5) is 11.6 Å². The minimum absolute atomic E-state index is 0.331. The molecule has 2 aromatic rings. The van der Waals surface area contributed by atoms with E-state index in [0.717, 1.165) is 18.0 Å². The lowest BCUT2D eigenvalue weighted by atomic mass is 10.1. The van der Waals surface area contributed by atoms with Crippen molar-refractivity contribution in [3.8, 4) is 0 Å². The number of fused-ring (bicyclic) bond motifs is 1. The Morgan fingerprint density at radius 2 is 2.25 bits per heavy atom. The van der Waals surface area contributed by atoms with Crippen LogP contribution >= 0.6 is 11.8 Å². The van der Waals surface area contributed by atoms with E-state index in [1.54, 1.807) is 6.20 Å². The Morgan fingerprint density at radius 3 is 2.95 bits per heavy atom. The van der Waals surface area contributed by atoms with Crippen molar-refractivity contribution in [3.05, 3.63) is 18.6 Å². The van der Waals surface area contributed by atoms with E-state index in [4.69, 9.17) is 5.84 Å². The van der Waals surface area contributed by atoms with Crippen molar-refractivity contribution in [2.75, 3.05) is 23.5 Å². The van der Waals surface area contributed by atoms with Gasteiger partial charge in [-0.1, -0.05) is 12.8 Å². The van der Waals surface area contributed by atoms with E-state index in [9.17, 15) is 0 Å². The van der Waals surface area contributed by atoms with Gasteiger partial charge >= 0.3 is 0 Å². The van der Waals surface area contributed by atoms with Gasteiger partial charge in [0.25, 0.3) is 0 Å². The number of hydrogen-bond donors (Lipinski definition) is 3. The lowest BCUT2D eigenvalue weighted by molar-refractivity contribution is 0.639. The van der Waals surface area contributed by atoms with Crippen LogP contribution < -0.4 is 16.6 Å². The number of nitrogens with zero attached hydrogens (tertiary/aromatic N) is 3. The van der Waals surface area contributed by atoms with Crippen LogP contribution in [0.1, 0.15) is 25.7 Å². The molecule has 2 aromatic heterocycles. The van der Waals surface area contributed by atoms with Gasteiger partial charge < -0.3 is 15.1 Å². The highest BCUT2D eigenvalue weighted by atomic mass is 32.2. The molecule has 108 valence electrons. The van der Waals surface area contributed by atoms with E-state index in [1.165, 1.54) is 25.7 Å². The molecule has 1 saturated carbocycles. The van der Waals surface area contributed by atoms with Gasteiger partial charge in [0.2, 0.25) is 0 Å². The van der Waals surface area contributed by atoms with Gasteiger partial charge in [-0.05, 0) is 19.1 Å². The van der Waals surface area contributed by atoms with Gasteiger partial charge in [0.1, 0.15) is 0 Å². The Hall–Kier alpha value is -1.47. The molecule has 0 aromatic carbocycles. The monoisotopic (exact) mass is 292 g/mol. The van der Waals surface area contributed by atoms with Crippen LogP contribution in [0.5, 0.6) is 0 Å². The number of anilines is 2. The minimum Gasteiger partial charge on any atom is -0.366 e. The van der Waals surface area contributed by atoms with E-state index in [-0.39, 0.29) is 0 Å². The summed E-state index contributed by atoms with van der Waals surface area (Å²) in [4.78, 5) is 8.83. The summed E-state index contributed by atoms with van der Waals surface area (Å²) in [6.45, 7) is 0.914. The predicted molar refractivity (Wildman–Crippen MR) is 84.0 cm³/mol. The Morgan fingerprint density at radius 1 is 1.45 bits per heavy atom. The zero-order valence-corrected chi connectivity index (χ0v) is 12.4. The van der Waals surface area contributed by atoms with Crippen molar-refractivity contribution in [1.82, 2.24) is 14.4 Å². The maximum atomic E-state index is 5.47. The largest absolute Gasteiger partial charge is 0.366 e. The number of thioether (sulfide) groups is 1. The summed E-state index contributed by atoms with van der Waals surface area (Å²) >= 11 is 1.96. The van der Waals surface area contributed by atoms with E-state index >= 15 is 0 Å². The molecular formula is C13H20N6S. The zero-order valence-electron chi connectivity index (χ0n) is 11.6. The second-order valence-electron chi connectivity index (χ2n) is 5.23. The quantitative estimate of drug-likeness (QED) is 0.578. The standard InChI is InChI=1S/C13H20N6S/c1-20-13(4-2-3-5-13)9-16-11-12-15-6-7-19(12)8-10(17-11)18-14/h6-8,18H,2-5,9,14H2,1H3,(H,16,17). The SMILES string of the molecule is CSC1(CNc2nc(NN)cn3ccnc23)CCCC1. The first-order chi connectivity index (χ1) is 9.76. The molecule has 4 N–H and O–H groups in total. The molecule has 0 bridgehead atoms. The Balaban J connectivity index is 1.84. The summed E-state index contributed by atoms with van der Waals surface area (Å²) in [6, 6.07) is 0. The summed E-state index contributed by atoms with van der Waals surface area (Å²) in [5.74, 6) is 6.88. The van der Waals surface area contributed by atoms with Gasteiger partial charge in [0.05, 0.1) is 6.20 Å². The van der Waals surface area contributed by atoms with Crippen molar-refractivity contribution >= 4 is 29.0 Å². The number of nitrogens with one attached hydrogen (secondary N) is 2. The lowest BCUT2D eigenvalue weighted by Gasteiger charge is -2.27. The smallest absolute Gasteiger partial charge is 0.180 e. The third-order valence-corrected chi connectivity index (χ3v) is 5.47. The second-order valence-corrected chi connectivity index (χ2v) is 6.50. The Kier molecular flexibility index (Phi) is 3.71. The summed E-state index contributed by atoms with van der Waals surface area (Å²) < 4.78 is 2.25. The maximum absolute atomic E-state index is 5.47. The molecule has 3 rings (SSSR count). The summed E-state index contributed by atoms with van der Waals surface area (Å²) in [6.07, 6.45) is 12.8. The molecular weight excluding hydrogens is 272 g/mol. The fourth-order valence-electron chi connectivity index (χ4n) is 2.84. The fraction of sp³-hybridized carbons (Fsp3) is 0.538. The van der Waals surface area contributed by atoms with Crippen molar-refractivity contribution in [3.63, 3.8) is 0 Å². The molecule has 1 aliphatic rings. The first-order valence-electron chi connectivity index (χ1n) is 6.86. The number of imidazole rings is 1. The van der Waals surface area contributed by atoms with Gasteiger partial charge in [-0.3, -0.25) is 0 Å². The number of rotatable bonds is 5. The molecule has 0 atom stereocenters. The van der Waals surface area contributed by atoms with Crippen LogP contribution in [-0.4, -0.2) is 31.9 Å². The first-order valence-corrected chi connectivity index (χ1v) is 8.08. The topological polar surface area (TPSA) is 80.3 Å². The molecule has 0 aliphatic heterocycles. The molecule has 7 heteroatoms. The third-order valence-electron chi connectivity index (χ3n) is 4.05. The van der Waals surface area contributed by atoms with Crippen LogP contribution in [0, 0.1) is 0 Å². The van der Waals surface area contributed by atoms with Crippen molar-refractivity contribution < 1.29 is 0 Å². The molecule has 6 nitrogen and oxygen atoms in total. The minimum atomic E-state index is 0.331. The van der Waals surface area contributed by atoms with Gasteiger partial charge in [-0.15, -0.1) is 0 Å². The van der Waals surface area contributed by atoms with Gasteiger partial charge in [0.15, 0.2) is 17.3 Å². The number of hydrazine groups is 1. The van der Waals surface area contributed by atoms with E-state index in [0.29, 0.717) is 10.6 Å². The number of hydrogen-bond acceptors (Lipinski definition) is 6. The highest BCUT2D eigenvalue weighted by molar-refractivity contribution is 8.00. The molecule has 0 saturated heterocycles. The van der Waals surface area contributed by atoms with Crippen LogP contribution in [0.25, 0.3) is 5.65 Å². The molecule has 0 spiro atoms.